The monoisotopic (exact) mass is 430 g/mol. The molecule has 0 radical (unpaired) electrons. The van der Waals surface area contributed by atoms with Gasteiger partial charge in [-0.05, 0) is 27.8 Å². The maximum Gasteiger partial charge on any atom is 0.129 e. The Morgan fingerprint density at radius 3 is 1.70 bits per heavy atom. The van der Waals surface area contributed by atoms with E-state index in [1.54, 1.807) is 0 Å². The largest absolute Gasteiger partial charge is 0.353 e. The average molecular weight is 431 g/mol. The Morgan fingerprint density at radius 1 is 0.636 bits per heavy atom. The highest BCUT2D eigenvalue weighted by Gasteiger charge is 2.46. The maximum absolute atomic E-state index is 4.59. The lowest BCUT2D eigenvalue weighted by Crippen LogP contribution is -2.38. The third kappa shape index (κ3) is 3.85. The van der Waals surface area contributed by atoms with Crippen molar-refractivity contribution in [1.29, 1.82) is 0 Å². The molecular formula is C31H30N2. The van der Waals surface area contributed by atoms with Crippen molar-refractivity contribution in [1.82, 2.24) is 10.2 Å². The molecule has 0 amide bonds. The van der Waals surface area contributed by atoms with Gasteiger partial charge in [0.25, 0.3) is 0 Å². The van der Waals surface area contributed by atoms with Gasteiger partial charge in [0, 0.05) is 12.2 Å². The van der Waals surface area contributed by atoms with Crippen LogP contribution in [0.3, 0.4) is 0 Å². The molecule has 1 saturated heterocycles. The van der Waals surface area contributed by atoms with E-state index < -0.39 is 5.54 Å². The van der Waals surface area contributed by atoms with Gasteiger partial charge in [0.15, 0.2) is 0 Å². The molecule has 0 unspecified atom stereocenters. The SMILES string of the molecule is C.C=C1NC(c2ccccc2)(c2ccccc2)C(=C)N1Cc1ccccc1-c1ccccc1. The molecule has 1 N–H and O–H groups in total. The Kier molecular flexibility index (Phi) is 6.19. The molecule has 1 heterocycles. The van der Waals surface area contributed by atoms with Gasteiger partial charge in [0.05, 0.1) is 5.82 Å². The van der Waals surface area contributed by atoms with E-state index in [0.29, 0.717) is 6.54 Å². The number of nitrogens with zero attached hydrogens (tertiary/aromatic N) is 1. The Bertz CT molecular complexity index is 1200. The third-order valence-electron chi connectivity index (χ3n) is 6.26. The maximum atomic E-state index is 4.59. The van der Waals surface area contributed by atoms with Gasteiger partial charge in [-0.3, -0.25) is 0 Å². The fraction of sp³-hybridized carbons (Fsp3) is 0.0968. The van der Waals surface area contributed by atoms with Crippen molar-refractivity contribution < 1.29 is 0 Å². The van der Waals surface area contributed by atoms with Gasteiger partial charge < -0.3 is 10.2 Å². The fourth-order valence-corrected chi connectivity index (χ4v) is 4.66. The first-order chi connectivity index (χ1) is 15.7. The Balaban J connectivity index is 0.00000259. The third-order valence-corrected chi connectivity index (χ3v) is 6.26. The average Bonchev–Trinajstić information content (AvgIpc) is 3.12. The molecule has 0 aromatic heterocycles. The molecule has 1 aliphatic rings. The minimum absolute atomic E-state index is 0. The van der Waals surface area contributed by atoms with E-state index in [1.807, 2.05) is 18.2 Å². The lowest BCUT2D eigenvalue weighted by Gasteiger charge is -2.32. The number of rotatable bonds is 5. The van der Waals surface area contributed by atoms with Crippen LogP contribution in [0.1, 0.15) is 24.1 Å². The molecule has 0 bridgehead atoms. The summed E-state index contributed by atoms with van der Waals surface area (Å²) in [7, 11) is 0. The van der Waals surface area contributed by atoms with Gasteiger partial charge in [-0.2, -0.15) is 0 Å². The zero-order valence-corrected chi connectivity index (χ0v) is 18.0. The summed E-state index contributed by atoms with van der Waals surface area (Å²) < 4.78 is 0. The van der Waals surface area contributed by atoms with Gasteiger partial charge in [-0.1, -0.05) is 136 Å². The van der Waals surface area contributed by atoms with Crippen LogP contribution in [0.2, 0.25) is 0 Å². The topological polar surface area (TPSA) is 15.3 Å². The normalized spacial score (nSPS) is 14.5. The van der Waals surface area contributed by atoms with Crippen molar-refractivity contribution >= 4 is 0 Å². The fourth-order valence-electron chi connectivity index (χ4n) is 4.66. The Morgan fingerprint density at radius 2 is 1.12 bits per heavy atom. The van der Waals surface area contributed by atoms with Gasteiger partial charge >= 0.3 is 0 Å². The molecule has 0 saturated carbocycles. The smallest absolute Gasteiger partial charge is 0.129 e. The van der Waals surface area contributed by atoms with E-state index >= 15 is 0 Å². The van der Waals surface area contributed by atoms with Gasteiger partial charge in [0.1, 0.15) is 5.54 Å². The minimum atomic E-state index is -0.554. The highest BCUT2D eigenvalue weighted by Crippen LogP contribution is 2.45. The van der Waals surface area contributed by atoms with Gasteiger partial charge in [-0.15, -0.1) is 0 Å². The van der Waals surface area contributed by atoms with Crippen LogP contribution in [0, 0.1) is 0 Å². The number of benzene rings is 4. The standard InChI is InChI=1S/C30H26N2.CH4/c1-23-30(27-17-8-4-9-18-27,28-19-10-5-11-20-28)31-24(2)32(23)22-26-16-12-13-21-29(26)25-14-6-3-7-15-25;/h3-21,31H,1-2,22H2;1H4. The summed E-state index contributed by atoms with van der Waals surface area (Å²) >= 11 is 0. The first kappa shape index (κ1) is 22.2. The van der Waals surface area contributed by atoms with Crippen molar-refractivity contribution in [3.63, 3.8) is 0 Å². The molecule has 33 heavy (non-hydrogen) atoms. The molecule has 164 valence electrons. The second-order valence-corrected chi connectivity index (χ2v) is 8.11. The predicted molar refractivity (Wildman–Crippen MR) is 139 cm³/mol. The van der Waals surface area contributed by atoms with E-state index in [2.05, 4.69) is 120 Å². The number of hydrogen-bond donors (Lipinski definition) is 1. The summed E-state index contributed by atoms with van der Waals surface area (Å²) in [6.07, 6.45) is 0. The van der Waals surface area contributed by atoms with Crippen molar-refractivity contribution in [3.05, 3.63) is 157 Å². The highest BCUT2D eigenvalue weighted by molar-refractivity contribution is 5.67. The van der Waals surface area contributed by atoms with Crippen LogP contribution >= 0.6 is 0 Å². The lowest BCUT2D eigenvalue weighted by molar-refractivity contribution is 0.437. The van der Waals surface area contributed by atoms with Crippen LogP contribution in [-0.4, -0.2) is 4.90 Å². The van der Waals surface area contributed by atoms with Crippen molar-refractivity contribution in [2.24, 2.45) is 0 Å². The molecule has 0 spiro atoms. The van der Waals surface area contributed by atoms with Crippen LogP contribution < -0.4 is 5.32 Å². The minimum Gasteiger partial charge on any atom is -0.353 e. The summed E-state index contributed by atoms with van der Waals surface area (Å²) in [6.45, 7) is 9.67. The lowest BCUT2D eigenvalue weighted by atomic mass is 9.81. The van der Waals surface area contributed by atoms with E-state index in [4.69, 9.17) is 0 Å². The van der Waals surface area contributed by atoms with Crippen molar-refractivity contribution in [2.45, 2.75) is 19.5 Å². The van der Waals surface area contributed by atoms with Crippen LogP contribution in [-0.2, 0) is 12.1 Å². The van der Waals surface area contributed by atoms with Crippen molar-refractivity contribution in [3.8, 4) is 11.1 Å². The first-order valence-corrected chi connectivity index (χ1v) is 10.9. The predicted octanol–water partition coefficient (Wildman–Crippen LogP) is 7.32. The summed E-state index contributed by atoms with van der Waals surface area (Å²) in [6, 6.07) is 40.1. The molecule has 2 heteroatoms. The van der Waals surface area contributed by atoms with Crippen molar-refractivity contribution in [2.75, 3.05) is 0 Å². The molecule has 4 aromatic rings. The quantitative estimate of drug-likeness (QED) is 0.357. The van der Waals surface area contributed by atoms with Crippen LogP contribution in [0.25, 0.3) is 11.1 Å². The highest BCUT2D eigenvalue weighted by atomic mass is 15.4. The number of hydrogen-bond acceptors (Lipinski definition) is 2. The van der Waals surface area contributed by atoms with Crippen LogP contribution in [0.5, 0.6) is 0 Å². The second kappa shape index (κ2) is 9.22. The zero-order valence-electron chi connectivity index (χ0n) is 18.0. The molecular weight excluding hydrogens is 400 g/mol. The number of nitrogens with one attached hydrogen (secondary N) is 1. The van der Waals surface area contributed by atoms with Crippen LogP contribution in [0.15, 0.2) is 140 Å². The van der Waals surface area contributed by atoms with E-state index in [0.717, 1.165) is 22.6 Å². The van der Waals surface area contributed by atoms with E-state index in [1.165, 1.54) is 16.7 Å². The van der Waals surface area contributed by atoms with E-state index in [-0.39, 0.29) is 7.43 Å². The summed E-state index contributed by atoms with van der Waals surface area (Å²) in [4.78, 5) is 2.21. The van der Waals surface area contributed by atoms with E-state index in [9.17, 15) is 0 Å². The summed E-state index contributed by atoms with van der Waals surface area (Å²) in [5, 5.41) is 3.71. The molecule has 0 aliphatic carbocycles. The van der Waals surface area contributed by atoms with Gasteiger partial charge in [0.2, 0.25) is 0 Å². The molecule has 5 rings (SSSR count). The second-order valence-electron chi connectivity index (χ2n) is 8.11. The molecule has 2 nitrogen and oxygen atoms in total. The molecule has 1 aliphatic heterocycles. The van der Waals surface area contributed by atoms with Gasteiger partial charge in [-0.25, -0.2) is 0 Å². The molecule has 0 atom stereocenters. The first-order valence-electron chi connectivity index (χ1n) is 10.9. The summed E-state index contributed by atoms with van der Waals surface area (Å²) in [5.41, 5.74) is 6.39. The summed E-state index contributed by atoms with van der Waals surface area (Å²) in [5.74, 6) is 0.852. The molecule has 4 aromatic carbocycles. The Labute approximate surface area is 197 Å². The Hall–Kier alpha value is -4.04. The van der Waals surface area contributed by atoms with Crippen LogP contribution in [0.4, 0.5) is 0 Å². The zero-order chi connectivity index (χ0) is 22.0. The molecule has 1 fully saturated rings.